The highest BCUT2D eigenvalue weighted by atomic mass is 31.2. The van der Waals surface area contributed by atoms with Crippen molar-refractivity contribution >= 4 is 47.4 Å². The van der Waals surface area contributed by atoms with Gasteiger partial charge in [0.1, 0.15) is 35.7 Å². The van der Waals surface area contributed by atoms with Crippen molar-refractivity contribution in [3.8, 4) is 23.0 Å². The molecule has 0 saturated carbocycles. The Balaban J connectivity index is 1.41. The Hall–Kier alpha value is -7.64. The Morgan fingerprint density at radius 1 is 0.333 bits per heavy atom. The van der Waals surface area contributed by atoms with Crippen molar-refractivity contribution in [2.75, 3.05) is 39.1 Å². The van der Waals surface area contributed by atoms with Gasteiger partial charge in [0.05, 0.1) is 13.2 Å². The van der Waals surface area contributed by atoms with Gasteiger partial charge in [0.2, 0.25) is 0 Å². The molecule has 0 amide bonds. The maximum atomic E-state index is 16.1. The molecular weight excluding hydrogens is 1160 g/mol. The topological polar surface area (TPSA) is 124 Å². The first-order valence-electron chi connectivity index (χ1n) is 31.5. The largest absolute Gasteiger partial charge is 0.485 e. The van der Waals surface area contributed by atoms with Crippen LogP contribution in [0.5, 0.6) is 23.0 Å². The summed E-state index contributed by atoms with van der Waals surface area (Å²) in [5, 5.41) is 2.66. The number of hydrogen-bond acceptors (Lipinski definition) is 10. The van der Waals surface area contributed by atoms with E-state index >= 15 is 9.13 Å². The summed E-state index contributed by atoms with van der Waals surface area (Å²) in [5.41, 5.74) is 9.05. The Bertz CT molecular complexity index is 3500. The molecule has 0 radical (unpaired) electrons. The Morgan fingerprint density at radius 2 is 0.533 bits per heavy atom. The van der Waals surface area contributed by atoms with Crippen LogP contribution >= 0.6 is 14.3 Å². The number of carbonyl (C=O) groups excluding carboxylic acids is 2. The normalized spacial score (nSPS) is 13.0. The minimum absolute atomic E-state index is 0.163. The number of fused-ring (bicyclic) bond motifs is 8. The van der Waals surface area contributed by atoms with Gasteiger partial charge in [0, 0.05) is 46.9 Å². The third-order valence-corrected chi connectivity index (χ3v) is 22.2. The second kappa shape index (κ2) is 27.4. The van der Waals surface area contributed by atoms with Crippen LogP contribution in [0.4, 0.5) is 0 Å². The Kier molecular flexibility index (Phi) is 20.4. The highest BCUT2D eigenvalue weighted by Gasteiger charge is 2.35. The summed E-state index contributed by atoms with van der Waals surface area (Å²) in [6, 6.07) is 55.8. The minimum Gasteiger partial charge on any atom is -0.485 e. The molecule has 10 nitrogen and oxygen atoms in total. The van der Waals surface area contributed by atoms with Gasteiger partial charge in [0.15, 0.2) is 27.5 Å². The molecule has 0 fully saturated rings. The van der Waals surface area contributed by atoms with Crippen molar-refractivity contribution in [3.05, 3.63) is 237 Å². The number of benzene rings is 8. The highest BCUT2D eigenvalue weighted by Crippen LogP contribution is 2.49. The van der Waals surface area contributed by atoms with Crippen molar-refractivity contribution < 1.29 is 47.1 Å². The molecule has 0 spiro atoms. The molecule has 0 N–H and O–H groups in total. The van der Waals surface area contributed by atoms with Crippen LogP contribution in [0.3, 0.4) is 0 Å². The van der Waals surface area contributed by atoms with Gasteiger partial charge < -0.3 is 37.6 Å². The van der Waals surface area contributed by atoms with Crippen LogP contribution < -0.4 is 40.2 Å². The van der Waals surface area contributed by atoms with Crippen molar-refractivity contribution in [1.82, 2.24) is 0 Å². The molecule has 1 aliphatic carbocycles. The molecule has 90 heavy (non-hydrogen) atoms. The van der Waals surface area contributed by atoms with Crippen molar-refractivity contribution in [2.45, 2.75) is 144 Å². The predicted molar refractivity (Wildman–Crippen MR) is 367 cm³/mol. The van der Waals surface area contributed by atoms with Crippen LogP contribution in [0.1, 0.15) is 164 Å². The summed E-state index contributed by atoms with van der Waals surface area (Å²) in [6.07, 6.45) is 0.713. The molecule has 0 heterocycles. The predicted octanol–water partition coefficient (Wildman–Crippen LogP) is 16.1. The fraction of sp³-hybridized carbons (Fsp3) is 0.359. The lowest BCUT2D eigenvalue weighted by Crippen LogP contribution is -2.22. The standard InChI is InChI=1S/C78H90O10P2/c1-15-83-69(79)49-85-71-53-37-57-45-63(77(9,10)11)47-59(73(57)87-51-89(81,65-29-21-17-22-30-65)66-31-23-18-24-32-66)39-55-43-62(76(6,7)8)44-56(72(55)86-50-70(80)84-16-2)40-60-48-64(78(12,13)14)46-58(38-54(71)42-61(41-53)75(3,4)5)74(60)88-52-90(82,67-33-25-19-26-34-67)68-35-27-20-28-36-68/h17-36,41-48H,15-16,37-40,49-52H2,1-14H3. The second-order valence-electron chi connectivity index (χ2n) is 27.8. The molecule has 0 unspecified atom stereocenters. The first kappa shape index (κ1) is 66.8. The number of esters is 2. The first-order valence-corrected chi connectivity index (χ1v) is 35.3. The van der Waals surface area contributed by atoms with Crippen molar-refractivity contribution in [2.24, 2.45) is 0 Å². The fourth-order valence-electron chi connectivity index (χ4n) is 11.6. The van der Waals surface area contributed by atoms with Crippen LogP contribution in [0.25, 0.3) is 0 Å². The summed E-state index contributed by atoms with van der Waals surface area (Å²) < 4.78 is 72.1. The molecule has 0 atom stereocenters. The summed E-state index contributed by atoms with van der Waals surface area (Å²) in [6.45, 7) is 29.5. The van der Waals surface area contributed by atoms with E-state index in [0.29, 0.717) is 44.2 Å². The van der Waals surface area contributed by atoms with Gasteiger partial charge in [-0.25, -0.2) is 9.59 Å². The quantitative estimate of drug-likeness (QED) is 0.0606. The lowest BCUT2D eigenvalue weighted by atomic mass is 9.79. The third-order valence-electron chi connectivity index (χ3n) is 16.7. The summed E-state index contributed by atoms with van der Waals surface area (Å²) >= 11 is 0. The van der Waals surface area contributed by atoms with E-state index in [9.17, 15) is 9.59 Å². The lowest BCUT2D eigenvalue weighted by molar-refractivity contribution is -0.146. The molecule has 8 aromatic carbocycles. The van der Waals surface area contributed by atoms with E-state index in [0.717, 1.165) is 66.8 Å². The van der Waals surface area contributed by atoms with Gasteiger partial charge in [-0.2, -0.15) is 0 Å². The average molecular weight is 1250 g/mol. The molecule has 8 bridgehead atoms. The molecule has 8 aromatic rings. The molecule has 472 valence electrons. The van der Waals surface area contributed by atoms with Gasteiger partial charge in [-0.15, -0.1) is 0 Å². The molecule has 0 aliphatic heterocycles. The lowest BCUT2D eigenvalue weighted by Gasteiger charge is -2.30. The summed E-state index contributed by atoms with van der Waals surface area (Å²) in [4.78, 5) is 27.3. The molecule has 0 saturated heterocycles. The van der Waals surface area contributed by atoms with E-state index in [2.05, 4.69) is 132 Å². The van der Waals surface area contributed by atoms with Gasteiger partial charge in [-0.05, 0) is 102 Å². The molecular formula is C78H90O10P2. The second-order valence-corrected chi connectivity index (χ2v) is 33.3. The molecule has 9 rings (SSSR count). The summed E-state index contributed by atoms with van der Waals surface area (Å²) in [7, 11) is -7.01. The van der Waals surface area contributed by atoms with E-state index in [4.69, 9.17) is 28.4 Å². The number of ether oxygens (including phenoxy) is 6. The van der Waals surface area contributed by atoms with Crippen LogP contribution in [0.2, 0.25) is 0 Å². The molecule has 0 aromatic heterocycles. The van der Waals surface area contributed by atoms with E-state index in [1.165, 1.54) is 0 Å². The van der Waals surface area contributed by atoms with Gasteiger partial charge in [-0.3, -0.25) is 0 Å². The Labute approximate surface area is 534 Å². The maximum absolute atomic E-state index is 16.1. The van der Waals surface area contributed by atoms with E-state index in [-0.39, 0.29) is 86.5 Å². The van der Waals surface area contributed by atoms with E-state index in [1.807, 2.05) is 121 Å². The number of carbonyl (C=O) groups is 2. The molecule has 1 aliphatic rings. The average Bonchev–Trinajstić information content (AvgIpc) is 0.818. The van der Waals surface area contributed by atoms with Crippen molar-refractivity contribution in [3.63, 3.8) is 0 Å². The van der Waals surface area contributed by atoms with E-state index < -0.39 is 26.2 Å². The third kappa shape index (κ3) is 15.6. The van der Waals surface area contributed by atoms with E-state index in [1.54, 1.807) is 13.8 Å². The highest BCUT2D eigenvalue weighted by molar-refractivity contribution is 7.79. The zero-order valence-electron chi connectivity index (χ0n) is 55.2. The zero-order valence-corrected chi connectivity index (χ0v) is 57.0. The van der Waals surface area contributed by atoms with Crippen LogP contribution in [0, 0.1) is 0 Å². The zero-order chi connectivity index (χ0) is 64.8. The van der Waals surface area contributed by atoms with Gasteiger partial charge in [-0.1, -0.05) is 253 Å². The number of hydrogen-bond donors (Lipinski definition) is 0. The number of rotatable bonds is 18. The SMILES string of the molecule is CCOC(=O)COc1c2cc(C(C)(C)C)cc1Cc1cc(C(C)(C)C)cc(c1OCP(=O)(c1ccccc1)c1ccccc1)Cc1cc(C(C)(C)C)cc(c1OCC(=O)OCC)Cc1cc(C(C)(C)C)cc(c1OCP(=O)(c1ccccc1)c1ccccc1)C2. The van der Waals surface area contributed by atoms with Crippen LogP contribution in [-0.2, 0) is 75.5 Å². The smallest absolute Gasteiger partial charge is 0.344 e. The van der Waals surface area contributed by atoms with Gasteiger partial charge >= 0.3 is 11.9 Å². The Morgan fingerprint density at radius 3 is 0.722 bits per heavy atom. The fourth-order valence-corrected chi connectivity index (χ4v) is 16.0. The van der Waals surface area contributed by atoms with Gasteiger partial charge in [0.25, 0.3) is 0 Å². The maximum Gasteiger partial charge on any atom is 0.344 e. The first-order chi connectivity index (χ1) is 42.6. The van der Waals surface area contributed by atoms with Crippen LogP contribution in [-0.4, -0.2) is 51.1 Å². The molecule has 12 heteroatoms. The van der Waals surface area contributed by atoms with Crippen molar-refractivity contribution in [1.29, 1.82) is 0 Å². The van der Waals surface area contributed by atoms with Crippen LogP contribution in [0.15, 0.2) is 170 Å². The minimum atomic E-state index is -3.50. The monoisotopic (exact) mass is 1250 g/mol. The summed E-state index contributed by atoms with van der Waals surface area (Å²) in [5.74, 6) is 1.11.